The molecule has 23 heavy (non-hydrogen) atoms. The van der Waals surface area contributed by atoms with Gasteiger partial charge in [0.05, 0.1) is 10.2 Å². The molecule has 118 valence electrons. The lowest BCUT2D eigenvalue weighted by Gasteiger charge is -2.05. The van der Waals surface area contributed by atoms with Gasteiger partial charge in [-0.1, -0.05) is 22.9 Å². The molecule has 0 unspecified atom stereocenters. The molecule has 0 aliphatic heterocycles. The fourth-order valence-electron chi connectivity index (χ4n) is 1.81. The molecule has 4 nitrogen and oxygen atoms in total. The van der Waals surface area contributed by atoms with Gasteiger partial charge in [0.1, 0.15) is 5.75 Å². The van der Waals surface area contributed by atoms with Crippen molar-refractivity contribution in [3.8, 4) is 5.75 Å². The highest BCUT2D eigenvalue weighted by Crippen LogP contribution is 2.27. The molecule has 0 aliphatic rings. The van der Waals surface area contributed by atoms with Crippen molar-refractivity contribution in [1.29, 1.82) is 0 Å². The summed E-state index contributed by atoms with van der Waals surface area (Å²) >= 11 is 6.80. The van der Waals surface area contributed by atoms with Crippen molar-refractivity contribution in [3.05, 3.63) is 53.1 Å². The van der Waals surface area contributed by atoms with E-state index in [1.165, 1.54) is 0 Å². The van der Waals surface area contributed by atoms with Crippen LogP contribution in [-0.4, -0.2) is 17.5 Å². The van der Waals surface area contributed by atoms with E-state index < -0.39 is 17.5 Å². The molecule has 1 amide bonds. The average Bonchev–Trinajstić information content (AvgIpc) is 2.88. The van der Waals surface area contributed by atoms with Crippen molar-refractivity contribution in [2.24, 2.45) is 0 Å². The van der Waals surface area contributed by atoms with Crippen molar-refractivity contribution in [1.82, 2.24) is 4.98 Å². The smallest absolute Gasteiger partial charge is 0.264 e. The molecule has 1 heterocycles. The van der Waals surface area contributed by atoms with Crippen LogP contribution < -0.4 is 10.1 Å². The Balaban J connectivity index is 1.64. The first kappa shape index (κ1) is 15.6. The van der Waals surface area contributed by atoms with Crippen LogP contribution in [0.2, 0.25) is 5.02 Å². The number of hydrogen-bond acceptors (Lipinski definition) is 4. The van der Waals surface area contributed by atoms with Crippen molar-refractivity contribution >= 4 is 44.2 Å². The van der Waals surface area contributed by atoms with Crippen molar-refractivity contribution < 1.29 is 18.3 Å². The SMILES string of the molecule is O=C(COc1ccc(Cl)cc1)Nc1nc2cc(F)c(F)cc2s1. The summed E-state index contributed by atoms with van der Waals surface area (Å²) in [6, 6.07) is 8.60. The number of carbonyl (C=O) groups excluding carboxylic acids is 1. The maximum Gasteiger partial charge on any atom is 0.264 e. The third kappa shape index (κ3) is 3.75. The predicted molar refractivity (Wildman–Crippen MR) is 85.1 cm³/mol. The molecule has 0 aliphatic carbocycles. The third-order valence-electron chi connectivity index (χ3n) is 2.86. The maximum atomic E-state index is 13.1. The Morgan fingerprint density at radius 3 is 2.65 bits per heavy atom. The summed E-state index contributed by atoms with van der Waals surface area (Å²) in [6.45, 7) is -0.222. The first-order chi connectivity index (χ1) is 11.0. The number of rotatable bonds is 4. The Morgan fingerprint density at radius 2 is 1.91 bits per heavy atom. The zero-order valence-electron chi connectivity index (χ0n) is 11.5. The molecule has 3 aromatic rings. The molecule has 0 bridgehead atoms. The zero-order valence-corrected chi connectivity index (χ0v) is 13.0. The Hall–Kier alpha value is -2.25. The maximum absolute atomic E-state index is 13.1. The Bertz CT molecular complexity index is 829. The van der Waals surface area contributed by atoms with E-state index in [2.05, 4.69) is 10.3 Å². The summed E-state index contributed by atoms with van der Waals surface area (Å²) in [4.78, 5) is 15.8. The molecular formula is C15H9ClF2N2O2S. The summed E-state index contributed by atoms with van der Waals surface area (Å²) in [5, 5.41) is 3.34. The molecule has 3 rings (SSSR count). The predicted octanol–water partition coefficient (Wildman–Crippen LogP) is 4.25. The van der Waals surface area contributed by atoms with E-state index in [1.807, 2.05) is 0 Å². The number of thiazole rings is 1. The lowest BCUT2D eigenvalue weighted by molar-refractivity contribution is -0.118. The van der Waals surface area contributed by atoms with Crippen molar-refractivity contribution in [2.45, 2.75) is 0 Å². The van der Waals surface area contributed by atoms with Crippen LogP contribution in [0.25, 0.3) is 10.2 Å². The number of amides is 1. The van der Waals surface area contributed by atoms with E-state index >= 15 is 0 Å². The van der Waals surface area contributed by atoms with Crippen LogP contribution in [0.15, 0.2) is 36.4 Å². The first-order valence-electron chi connectivity index (χ1n) is 6.45. The van der Waals surface area contributed by atoms with Crippen molar-refractivity contribution in [3.63, 3.8) is 0 Å². The highest BCUT2D eigenvalue weighted by molar-refractivity contribution is 7.22. The second kappa shape index (κ2) is 6.47. The number of benzene rings is 2. The topological polar surface area (TPSA) is 51.2 Å². The van der Waals surface area contributed by atoms with Gasteiger partial charge in [-0.3, -0.25) is 10.1 Å². The van der Waals surface area contributed by atoms with Gasteiger partial charge in [0.15, 0.2) is 23.4 Å². The Labute approximate surface area is 138 Å². The van der Waals surface area contributed by atoms with Gasteiger partial charge in [-0.25, -0.2) is 13.8 Å². The number of anilines is 1. The molecule has 0 spiro atoms. The number of nitrogens with zero attached hydrogens (tertiary/aromatic N) is 1. The van der Waals surface area contributed by atoms with Crippen LogP contribution in [-0.2, 0) is 4.79 Å². The summed E-state index contributed by atoms with van der Waals surface area (Å²) < 4.78 is 32.0. The van der Waals surface area contributed by atoms with Gasteiger partial charge in [0.2, 0.25) is 0 Å². The number of ether oxygens (including phenoxy) is 1. The number of carbonyl (C=O) groups is 1. The minimum Gasteiger partial charge on any atom is -0.484 e. The van der Waals surface area contributed by atoms with E-state index in [9.17, 15) is 13.6 Å². The quantitative estimate of drug-likeness (QED) is 0.762. The second-order valence-corrected chi connectivity index (χ2v) is 6.01. The highest BCUT2D eigenvalue weighted by atomic mass is 35.5. The normalized spacial score (nSPS) is 10.7. The second-order valence-electron chi connectivity index (χ2n) is 4.54. The largest absolute Gasteiger partial charge is 0.484 e. The van der Waals surface area contributed by atoms with Crippen LogP contribution in [0.5, 0.6) is 5.75 Å². The Kier molecular flexibility index (Phi) is 4.40. The molecule has 0 fully saturated rings. The van der Waals surface area contributed by atoms with Crippen molar-refractivity contribution in [2.75, 3.05) is 11.9 Å². The number of fused-ring (bicyclic) bond motifs is 1. The summed E-state index contributed by atoms with van der Waals surface area (Å²) in [5.41, 5.74) is 0.280. The van der Waals surface area contributed by atoms with Crippen LogP contribution in [0.3, 0.4) is 0 Å². The highest BCUT2D eigenvalue weighted by Gasteiger charge is 2.11. The number of hydrogen-bond donors (Lipinski definition) is 1. The molecular weight excluding hydrogens is 346 g/mol. The fraction of sp³-hybridized carbons (Fsp3) is 0.0667. The van der Waals surface area contributed by atoms with Gasteiger partial charge < -0.3 is 4.74 Å². The van der Waals surface area contributed by atoms with Crippen LogP contribution in [0, 0.1) is 11.6 Å². The lowest BCUT2D eigenvalue weighted by Crippen LogP contribution is -2.19. The molecule has 0 saturated carbocycles. The average molecular weight is 355 g/mol. The molecule has 2 aromatic carbocycles. The minimum atomic E-state index is -0.980. The Morgan fingerprint density at radius 1 is 1.22 bits per heavy atom. The molecule has 1 N–H and O–H groups in total. The molecule has 0 saturated heterocycles. The van der Waals surface area contributed by atoms with Gasteiger partial charge in [-0.2, -0.15) is 0 Å². The summed E-state index contributed by atoms with van der Waals surface area (Å²) in [7, 11) is 0. The van der Waals surface area contributed by atoms with Crippen LogP contribution in [0.1, 0.15) is 0 Å². The van der Waals surface area contributed by atoms with Gasteiger partial charge in [-0.15, -0.1) is 0 Å². The number of aromatic nitrogens is 1. The summed E-state index contributed by atoms with van der Waals surface area (Å²) in [5.74, 6) is -1.87. The molecule has 1 aromatic heterocycles. The lowest BCUT2D eigenvalue weighted by atomic mass is 10.3. The van der Waals surface area contributed by atoms with Gasteiger partial charge in [0.25, 0.3) is 5.91 Å². The van der Waals surface area contributed by atoms with Gasteiger partial charge >= 0.3 is 0 Å². The van der Waals surface area contributed by atoms with E-state index in [4.69, 9.17) is 16.3 Å². The van der Waals surface area contributed by atoms with E-state index in [1.54, 1.807) is 24.3 Å². The number of nitrogens with one attached hydrogen (secondary N) is 1. The molecule has 8 heteroatoms. The van der Waals surface area contributed by atoms with E-state index in [0.717, 1.165) is 23.5 Å². The fourth-order valence-corrected chi connectivity index (χ4v) is 2.83. The van der Waals surface area contributed by atoms with Crippen LogP contribution in [0.4, 0.5) is 13.9 Å². The first-order valence-corrected chi connectivity index (χ1v) is 7.64. The van der Waals surface area contributed by atoms with E-state index in [0.29, 0.717) is 15.5 Å². The molecule has 0 atom stereocenters. The summed E-state index contributed by atoms with van der Waals surface area (Å²) in [6.07, 6.45) is 0. The standard InChI is InChI=1S/C15H9ClF2N2O2S/c16-8-1-3-9(4-2-8)22-7-14(21)20-15-19-12-5-10(17)11(18)6-13(12)23-15/h1-6H,7H2,(H,19,20,21). The minimum absolute atomic E-state index is 0.222. The molecule has 0 radical (unpaired) electrons. The third-order valence-corrected chi connectivity index (χ3v) is 4.05. The van der Waals surface area contributed by atoms with Crippen LogP contribution >= 0.6 is 22.9 Å². The number of halogens is 3. The van der Waals surface area contributed by atoms with Gasteiger partial charge in [-0.05, 0) is 30.3 Å². The zero-order chi connectivity index (χ0) is 16.4. The van der Waals surface area contributed by atoms with E-state index in [-0.39, 0.29) is 17.3 Å². The monoisotopic (exact) mass is 354 g/mol. The van der Waals surface area contributed by atoms with Gasteiger partial charge in [0, 0.05) is 11.1 Å².